The molecule has 0 saturated heterocycles. The van der Waals surface area contributed by atoms with Crippen molar-refractivity contribution in [3.8, 4) is 0 Å². The van der Waals surface area contributed by atoms with Crippen LogP contribution in [0.2, 0.25) is 0 Å². The summed E-state index contributed by atoms with van der Waals surface area (Å²) in [6.07, 6.45) is 3.24. The van der Waals surface area contributed by atoms with Gasteiger partial charge in [0, 0.05) is 6.54 Å². The lowest BCUT2D eigenvalue weighted by atomic mass is 10.1. The number of hydrogen-bond donors (Lipinski definition) is 3. The maximum absolute atomic E-state index is 11.2. The topological polar surface area (TPSA) is 78.4 Å². The van der Waals surface area contributed by atoms with Crippen LogP contribution >= 0.6 is 0 Å². The summed E-state index contributed by atoms with van der Waals surface area (Å²) in [7, 11) is 0. The molecule has 0 aromatic heterocycles. The SMILES string of the molecule is CCCCC(NCC(=O)NCCC)C(=O)O. The minimum Gasteiger partial charge on any atom is -0.480 e. The van der Waals surface area contributed by atoms with Gasteiger partial charge in [0.25, 0.3) is 0 Å². The Bertz CT molecular complexity index is 219. The summed E-state index contributed by atoms with van der Waals surface area (Å²) in [4.78, 5) is 22.1. The number of carboxylic acid groups (broad SMARTS) is 1. The standard InChI is InChI=1S/C11H22N2O3/c1-3-5-6-9(11(15)16)13-8-10(14)12-7-4-2/h9,13H,3-8H2,1-2H3,(H,12,14)(H,15,16). The van der Waals surface area contributed by atoms with Gasteiger partial charge in [0.05, 0.1) is 6.54 Å². The fraction of sp³-hybridized carbons (Fsp3) is 0.818. The molecule has 0 aliphatic carbocycles. The Balaban J connectivity index is 3.82. The second kappa shape index (κ2) is 9.15. The van der Waals surface area contributed by atoms with Gasteiger partial charge in [-0.3, -0.25) is 14.9 Å². The molecule has 3 N–H and O–H groups in total. The average molecular weight is 230 g/mol. The van der Waals surface area contributed by atoms with Crippen molar-refractivity contribution in [1.29, 1.82) is 0 Å². The minimum absolute atomic E-state index is 0.0701. The van der Waals surface area contributed by atoms with Crippen molar-refractivity contribution in [3.05, 3.63) is 0 Å². The van der Waals surface area contributed by atoms with Crippen LogP contribution in [0.15, 0.2) is 0 Å². The summed E-state index contributed by atoms with van der Waals surface area (Å²) in [6.45, 7) is 4.68. The van der Waals surface area contributed by atoms with E-state index in [4.69, 9.17) is 5.11 Å². The number of nitrogens with one attached hydrogen (secondary N) is 2. The number of aliphatic carboxylic acids is 1. The van der Waals surface area contributed by atoms with Crippen LogP contribution in [0.25, 0.3) is 0 Å². The molecule has 0 aliphatic heterocycles. The zero-order valence-corrected chi connectivity index (χ0v) is 10.1. The van der Waals surface area contributed by atoms with E-state index in [0.29, 0.717) is 13.0 Å². The van der Waals surface area contributed by atoms with E-state index < -0.39 is 12.0 Å². The van der Waals surface area contributed by atoms with Gasteiger partial charge < -0.3 is 10.4 Å². The number of carbonyl (C=O) groups is 2. The molecule has 94 valence electrons. The van der Waals surface area contributed by atoms with Crippen LogP contribution in [0, 0.1) is 0 Å². The number of unbranched alkanes of at least 4 members (excludes halogenated alkanes) is 1. The Morgan fingerprint density at radius 1 is 1.25 bits per heavy atom. The smallest absolute Gasteiger partial charge is 0.320 e. The third-order valence-corrected chi connectivity index (χ3v) is 2.23. The van der Waals surface area contributed by atoms with Crippen molar-refractivity contribution < 1.29 is 14.7 Å². The first-order valence-electron chi connectivity index (χ1n) is 5.84. The lowest BCUT2D eigenvalue weighted by Crippen LogP contribution is -2.43. The largest absolute Gasteiger partial charge is 0.480 e. The molecule has 0 fully saturated rings. The lowest BCUT2D eigenvalue weighted by molar-refractivity contribution is -0.139. The van der Waals surface area contributed by atoms with Gasteiger partial charge in [-0.25, -0.2) is 0 Å². The predicted molar refractivity (Wildman–Crippen MR) is 62.3 cm³/mol. The first kappa shape index (κ1) is 14.9. The Morgan fingerprint density at radius 3 is 2.44 bits per heavy atom. The van der Waals surface area contributed by atoms with E-state index in [2.05, 4.69) is 10.6 Å². The highest BCUT2D eigenvalue weighted by atomic mass is 16.4. The van der Waals surface area contributed by atoms with E-state index in [-0.39, 0.29) is 12.5 Å². The van der Waals surface area contributed by atoms with E-state index in [1.54, 1.807) is 0 Å². The minimum atomic E-state index is -0.892. The molecule has 0 aromatic rings. The van der Waals surface area contributed by atoms with E-state index in [0.717, 1.165) is 19.3 Å². The number of carboxylic acids is 1. The molecular weight excluding hydrogens is 208 g/mol. The first-order valence-corrected chi connectivity index (χ1v) is 5.84. The summed E-state index contributed by atoms with van der Waals surface area (Å²) in [5, 5.41) is 14.3. The zero-order chi connectivity index (χ0) is 12.4. The van der Waals surface area contributed by atoms with Crippen LogP contribution in [0.5, 0.6) is 0 Å². The van der Waals surface area contributed by atoms with Crippen molar-refractivity contribution in [2.24, 2.45) is 0 Å². The van der Waals surface area contributed by atoms with Crippen LogP contribution in [0.4, 0.5) is 0 Å². The summed E-state index contributed by atoms with van der Waals surface area (Å²) in [5.74, 6) is -1.04. The Kier molecular flexibility index (Phi) is 8.52. The molecule has 0 aromatic carbocycles. The molecule has 0 aliphatic rings. The molecule has 0 spiro atoms. The molecule has 1 atom stereocenters. The van der Waals surface area contributed by atoms with E-state index >= 15 is 0 Å². The zero-order valence-electron chi connectivity index (χ0n) is 10.1. The number of amides is 1. The normalized spacial score (nSPS) is 12.1. The lowest BCUT2D eigenvalue weighted by Gasteiger charge is -2.13. The molecule has 0 radical (unpaired) electrons. The molecule has 5 nitrogen and oxygen atoms in total. The summed E-state index contributed by atoms with van der Waals surface area (Å²) < 4.78 is 0. The second-order valence-electron chi connectivity index (χ2n) is 3.76. The van der Waals surface area contributed by atoms with Crippen LogP contribution in [0.3, 0.4) is 0 Å². The van der Waals surface area contributed by atoms with Gasteiger partial charge in [0.1, 0.15) is 6.04 Å². The summed E-state index contributed by atoms with van der Waals surface area (Å²) in [5.41, 5.74) is 0. The van der Waals surface area contributed by atoms with Gasteiger partial charge in [0.15, 0.2) is 0 Å². The Labute approximate surface area is 96.6 Å². The van der Waals surface area contributed by atoms with Gasteiger partial charge in [-0.15, -0.1) is 0 Å². The quantitative estimate of drug-likeness (QED) is 0.546. The van der Waals surface area contributed by atoms with Gasteiger partial charge in [-0.1, -0.05) is 26.7 Å². The molecule has 1 amide bonds. The second-order valence-corrected chi connectivity index (χ2v) is 3.76. The molecule has 5 heteroatoms. The van der Waals surface area contributed by atoms with Crippen molar-refractivity contribution in [3.63, 3.8) is 0 Å². The fourth-order valence-electron chi connectivity index (χ4n) is 1.26. The van der Waals surface area contributed by atoms with Gasteiger partial charge in [0.2, 0.25) is 5.91 Å². The van der Waals surface area contributed by atoms with E-state index in [1.807, 2.05) is 13.8 Å². The predicted octanol–water partition coefficient (Wildman–Crippen LogP) is 0.746. The number of carbonyl (C=O) groups excluding carboxylic acids is 1. The maximum atomic E-state index is 11.2. The van der Waals surface area contributed by atoms with Crippen molar-refractivity contribution in [2.45, 2.75) is 45.6 Å². The van der Waals surface area contributed by atoms with E-state index in [9.17, 15) is 9.59 Å². The summed E-state index contributed by atoms with van der Waals surface area (Å²) in [6, 6.07) is -0.618. The maximum Gasteiger partial charge on any atom is 0.320 e. The molecule has 16 heavy (non-hydrogen) atoms. The van der Waals surface area contributed by atoms with Crippen molar-refractivity contribution >= 4 is 11.9 Å². The highest BCUT2D eigenvalue weighted by molar-refractivity contribution is 5.79. The molecular formula is C11H22N2O3. The molecule has 0 heterocycles. The third kappa shape index (κ3) is 7.23. The molecule has 0 saturated carbocycles. The first-order chi connectivity index (χ1) is 7.61. The van der Waals surface area contributed by atoms with Crippen LogP contribution < -0.4 is 10.6 Å². The summed E-state index contributed by atoms with van der Waals surface area (Å²) >= 11 is 0. The van der Waals surface area contributed by atoms with E-state index in [1.165, 1.54) is 0 Å². The van der Waals surface area contributed by atoms with Crippen LogP contribution in [-0.4, -0.2) is 36.1 Å². The monoisotopic (exact) mass is 230 g/mol. The third-order valence-electron chi connectivity index (χ3n) is 2.23. The fourth-order valence-corrected chi connectivity index (χ4v) is 1.26. The number of rotatable bonds is 9. The highest BCUT2D eigenvalue weighted by Gasteiger charge is 2.16. The number of hydrogen-bond acceptors (Lipinski definition) is 3. The average Bonchev–Trinajstić information content (AvgIpc) is 2.25. The molecule has 1 unspecified atom stereocenters. The highest BCUT2D eigenvalue weighted by Crippen LogP contribution is 2.00. The van der Waals surface area contributed by atoms with Gasteiger partial charge >= 0.3 is 5.97 Å². The van der Waals surface area contributed by atoms with Gasteiger partial charge in [-0.2, -0.15) is 0 Å². The molecule has 0 bridgehead atoms. The Hall–Kier alpha value is -1.10. The van der Waals surface area contributed by atoms with Crippen LogP contribution in [0.1, 0.15) is 39.5 Å². The molecule has 0 rings (SSSR count). The van der Waals surface area contributed by atoms with Crippen molar-refractivity contribution in [1.82, 2.24) is 10.6 Å². The van der Waals surface area contributed by atoms with Gasteiger partial charge in [-0.05, 0) is 12.8 Å². The Morgan fingerprint density at radius 2 is 1.94 bits per heavy atom. The van der Waals surface area contributed by atoms with Crippen molar-refractivity contribution in [2.75, 3.05) is 13.1 Å². The van der Waals surface area contributed by atoms with Crippen LogP contribution in [-0.2, 0) is 9.59 Å².